The standard InChI is InChI=1S/C22H22N6O/c1-29-19-8-6-18(7-9-19)27-12-14-28(15-13-27)22-24-11-10-21(26-22)25-20-5-3-2-4-17(20)16-23/h2-11H,12-15H2,1H3,(H,24,25,26). The molecule has 146 valence electrons. The number of hydrogen-bond donors (Lipinski definition) is 1. The third-order valence-electron chi connectivity index (χ3n) is 4.95. The number of aromatic nitrogens is 2. The molecule has 1 aliphatic heterocycles. The van der Waals surface area contributed by atoms with Crippen molar-refractivity contribution >= 4 is 23.1 Å². The normalized spacial score (nSPS) is 13.7. The molecule has 0 unspecified atom stereocenters. The largest absolute Gasteiger partial charge is 0.497 e. The summed E-state index contributed by atoms with van der Waals surface area (Å²) >= 11 is 0. The van der Waals surface area contributed by atoms with Crippen molar-refractivity contribution in [2.45, 2.75) is 0 Å². The minimum Gasteiger partial charge on any atom is -0.497 e. The second-order valence-corrected chi connectivity index (χ2v) is 6.70. The molecule has 29 heavy (non-hydrogen) atoms. The van der Waals surface area contributed by atoms with Gasteiger partial charge in [0.2, 0.25) is 5.95 Å². The van der Waals surface area contributed by atoms with E-state index in [2.05, 4.69) is 43.3 Å². The Morgan fingerprint density at radius 3 is 2.41 bits per heavy atom. The van der Waals surface area contributed by atoms with Crippen molar-refractivity contribution < 1.29 is 4.74 Å². The minimum absolute atomic E-state index is 0.584. The van der Waals surface area contributed by atoms with E-state index >= 15 is 0 Å². The molecule has 0 radical (unpaired) electrons. The third kappa shape index (κ3) is 4.22. The van der Waals surface area contributed by atoms with E-state index in [0.29, 0.717) is 17.3 Å². The second-order valence-electron chi connectivity index (χ2n) is 6.70. The molecular formula is C22H22N6O. The van der Waals surface area contributed by atoms with Crippen LogP contribution < -0.4 is 19.9 Å². The molecule has 0 spiro atoms. The first kappa shape index (κ1) is 18.6. The van der Waals surface area contributed by atoms with Gasteiger partial charge in [-0.15, -0.1) is 0 Å². The number of nitrogens with zero attached hydrogens (tertiary/aromatic N) is 5. The summed E-state index contributed by atoms with van der Waals surface area (Å²) in [6.07, 6.45) is 1.75. The maximum atomic E-state index is 9.26. The quantitative estimate of drug-likeness (QED) is 0.720. The molecule has 0 aliphatic carbocycles. The van der Waals surface area contributed by atoms with E-state index in [1.807, 2.05) is 36.4 Å². The number of anilines is 4. The van der Waals surface area contributed by atoms with Gasteiger partial charge in [0.05, 0.1) is 18.4 Å². The van der Waals surface area contributed by atoms with Gasteiger partial charge in [0.15, 0.2) is 0 Å². The molecule has 0 atom stereocenters. The number of ether oxygens (including phenoxy) is 1. The zero-order valence-corrected chi connectivity index (χ0v) is 16.2. The fraction of sp³-hybridized carbons (Fsp3) is 0.227. The van der Waals surface area contributed by atoms with Gasteiger partial charge in [0.1, 0.15) is 17.6 Å². The van der Waals surface area contributed by atoms with Gasteiger partial charge < -0.3 is 19.9 Å². The number of nitriles is 1. The average molecular weight is 386 g/mol. The fourth-order valence-corrected chi connectivity index (χ4v) is 3.36. The van der Waals surface area contributed by atoms with E-state index in [9.17, 15) is 5.26 Å². The molecule has 1 saturated heterocycles. The van der Waals surface area contributed by atoms with Crippen molar-refractivity contribution in [2.24, 2.45) is 0 Å². The first-order valence-electron chi connectivity index (χ1n) is 9.50. The van der Waals surface area contributed by atoms with E-state index < -0.39 is 0 Å². The van der Waals surface area contributed by atoms with Crippen molar-refractivity contribution in [1.29, 1.82) is 5.26 Å². The molecule has 1 aromatic heterocycles. The van der Waals surface area contributed by atoms with Gasteiger partial charge in [-0.3, -0.25) is 0 Å². The molecule has 4 rings (SSSR count). The highest BCUT2D eigenvalue weighted by Gasteiger charge is 2.19. The minimum atomic E-state index is 0.584. The molecule has 7 heteroatoms. The SMILES string of the molecule is COc1ccc(N2CCN(c3nccc(Nc4ccccc4C#N)n3)CC2)cc1. The van der Waals surface area contributed by atoms with Crippen molar-refractivity contribution in [3.8, 4) is 11.8 Å². The molecule has 3 aromatic rings. The smallest absolute Gasteiger partial charge is 0.227 e. The molecule has 2 aromatic carbocycles. The molecular weight excluding hydrogens is 364 g/mol. The Labute approximate surface area is 170 Å². The predicted octanol–water partition coefficient (Wildman–Crippen LogP) is 3.43. The molecule has 1 aliphatic rings. The van der Waals surface area contributed by atoms with Crippen molar-refractivity contribution in [3.05, 3.63) is 66.4 Å². The number of rotatable bonds is 5. The number of para-hydroxylation sites is 1. The van der Waals surface area contributed by atoms with Crippen LogP contribution in [-0.4, -0.2) is 43.3 Å². The van der Waals surface area contributed by atoms with E-state index in [1.54, 1.807) is 19.4 Å². The van der Waals surface area contributed by atoms with E-state index in [-0.39, 0.29) is 0 Å². The van der Waals surface area contributed by atoms with Crippen LogP contribution in [0.25, 0.3) is 0 Å². The summed E-state index contributed by atoms with van der Waals surface area (Å²) in [5.41, 5.74) is 2.51. The van der Waals surface area contributed by atoms with Crippen LogP contribution in [0.4, 0.5) is 23.1 Å². The molecule has 1 fully saturated rings. The van der Waals surface area contributed by atoms with Crippen LogP contribution in [0.15, 0.2) is 60.8 Å². The van der Waals surface area contributed by atoms with E-state index in [1.165, 1.54) is 5.69 Å². The second kappa shape index (κ2) is 8.48. The van der Waals surface area contributed by atoms with Crippen LogP contribution >= 0.6 is 0 Å². The Morgan fingerprint density at radius 1 is 0.966 bits per heavy atom. The Balaban J connectivity index is 1.42. The van der Waals surface area contributed by atoms with Gasteiger partial charge in [-0.2, -0.15) is 10.2 Å². The highest BCUT2D eigenvalue weighted by Crippen LogP contribution is 2.23. The first-order valence-corrected chi connectivity index (χ1v) is 9.50. The van der Waals surface area contributed by atoms with Gasteiger partial charge in [-0.1, -0.05) is 12.1 Å². The summed E-state index contributed by atoms with van der Waals surface area (Å²) in [6.45, 7) is 3.46. The summed E-state index contributed by atoms with van der Waals surface area (Å²) in [4.78, 5) is 13.6. The lowest BCUT2D eigenvalue weighted by Gasteiger charge is -2.36. The zero-order chi connectivity index (χ0) is 20.1. The van der Waals surface area contributed by atoms with E-state index in [0.717, 1.165) is 37.6 Å². The molecule has 2 heterocycles. The molecule has 1 N–H and O–H groups in total. The Bertz CT molecular complexity index is 1010. The maximum Gasteiger partial charge on any atom is 0.227 e. The highest BCUT2D eigenvalue weighted by atomic mass is 16.5. The van der Waals surface area contributed by atoms with Crippen LogP contribution in [0.3, 0.4) is 0 Å². The summed E-state index contributed by atoms with van der Waals surface area (Å²) in [5, 5.41) is 12.5. The fourth-order valence-electron chi connectivity index (χ4n) is 3.36. The number of methoxy groups -OCH3 is 1. The van der Waals surface area contributed by atoms with Crippen LogP contribution in [0, 0.1) is 11.3 Å². The lowest BCUT2D eigenvalue weighted by atomic mass is 10.2. The van der Waals surface area contributed by atoms with Gasteiger partial charge in [0.25, 0.3) is 0 Å². The van der Waals surface area contributed by atoms with Crippen molar-refractivity contribution in [3.63, 3.8) is 0 Å². The number of benzene rings is 2. The summed E-state index contributed by atoms with van der Waals surface area (Å²) in [6, 6.07) is 19.5. The zero-order valence-electron chi connectivity index (χ0n) is 16.2. The van der Waals surface area contributed by atoms with Crippen LogP contribution in [0.2, 0.25) is 0 Å². The number of nitrogens with one attached hydrogen (secondary N) is 1. The summed E-state index contributed by atoms with van der Waals surface area (Å²) < 4.78 is 5.23. The van der Waals surface area contributed by atoms with Crippen LogP contribution in [0.5, 0.6) is 5.75 Å². The van der Waals surface area contributed by atoms with Gasteiger partial charge in [-0.05, 0) is 42.5 Å². The van der Waals surface area contributed by atoms with Crippen LogP contribution in [-0.2, 0) is 0 Å². The van der Waals surface area contributed by atoms with Crippen LogP contribution in [0.1, 0.15) is 5.56 Å². The van der Waals surface area contributed by atoms with Gasteiger partial charge >= 0.3 is 0 Å². The Morgan fingerprint density at radius 2 is 1.69 bits per heavy atom. The average Bonchev–Trinajstić information content (AvgIpc) is 2.80. The molecule has 7 nitrogen and oxygen atoms in total. The van der Waals surface area contributed by atoms with E-state index in [4.69, 9.17) is 4.74 Å². The molecule has 0 amide bonds. The van der Waals surface area contributed by atoms with Gasteiger partial charge in [0, 0.05) is 38.1 Å². The predicted molar refractivity (Wildman–Crippen MR) is 114 cm³/mol. The first-order chi connectivity index (χ1) is 14.3. The summed E-state index contributed by atoms with van der Waals surface area (Å²) in [5.74, 6) is 2.23. The number of hydrogen-bond acceptors (Lipinski definition) is 7. The van der Waals surface area contributed by atoms with Gasteiger partial charge in [-0.25, -0.2) is 4.98 Å². The molecule has 0 bridgehead atoms. The third-order valence-corrected chi connectivity index (χ3v) is 4.95. The van der Waals surface area contributed by atoms with Crippen molar-refractivity contribution in [1.82, 2.24) is 9.97 Å². The Kier molecular flexibility index (Phi) is 5.43. The highest BCUT2D eigenvalue weighted by molar-refractivity contribution is 5.64. The topological polar surface area (TPSA) is 77.3 Å². The molecule has 0 saturated carbocycles. The maximum absolute atomic E-state index is 9.26. The monoisotopic (exact) mass is 386 g/mol. The lowest BCUT2D eigenvalue weighted by molar-refractivity contribution is 0.415. The number of piperazine rings is 1. The Hall–Kier alpha value is -3.79. The van der Waals surface area contributed by atoms with Crippen molar-refractivity contribution in [2.75, 3.05) is 48.4 Å². The lowest BCUT2D eigenvalue weighted by Crippen LogP contribution is -2.47. The summed E-state index contributed by atoms with van der Waals surface area (Å²) in [7, 11) is 1.68.